The zero-order chi connectivity index (χ0) is 15.8. The van der Waals surface area contributed by atoms with E-state index in [1.807, 2.05) is 13.8 Å². The number of hydrogen-bond donors (Lipinski definition) is 2. The van der Waals surface area contributed by atoms with Crippen molar-refractivity contribution in [2.75, 3.05) is 6.61 Å². The van der Waals surface area contributed by atoms with E-state index < -0.39 is 15.6 Å². The molecule has 7 heteroatoms. The molecule has 0 bridgehead atoms. The maximum atomic E-state index is 12.3. The van der Waals surface area contributed by atoms with Gasteiger partial charge in [-0.2, -0.15) is 0 Å². The minimum Gasteiger partial charge on any atom is -0.376 e. The maximum Gasteiger partial charge on any atom is 0.251 e. The Hall–Kier alpha value is -1.44. The van der Waals surface area contributed by atoms with Crippen LogP contribution in [0, 0.1) is 6.92 Å². The Bertz CT molecular complexity index is 672. The van der Waals surface area contributed by atoms with Gasteiger partial charge >= 0.3 is 0 Å². The number of rotatable bonds is 3. The number of nitrogens with one attached hydrogen (secondary N) is 1. The molecule has 1 aliphatic rings. The summed E-state index contributed by atoms with van der Waals surface area (Å²) in [6.07, 6.45) is 0.623. The topological polar surface area (TPSA) is 98.5 Å². The fraction of sp³-hybridized carbons (Fsp3) is 0.500. The lowest BCUT2D eigenvalue weighted by Crippen LogP contribution is -2.50. The number of ether oxygens (including phenoxy) is 1. The first-order chi connectivity index (χ1) is 9.63. The van der Waals surface area contributed by atoms with Gasteiger partial charge in [0.15, 0.2) is 0 Å². The van der Waals surface area contributed by atoms with Gasteiger partial charge in [-0.3, -0.25) is 4.79 Å². The molecule has 1 aromatic carbocycles. The SMILES string of the molecule is Cc1ccc(C(=O)NC2(C)CCOC2C)cc1S(N)(=O)=O. The van der Waals surface area contributed by atoms with Crippen LogP contribution in [0.3, 0.4) is 0 Å². The van der Waals surface area contributed by atoms with Crippen molar-refractivity contribution in [3.63, 3.8) is 0 Å². The number of amides is 1. The predicted molar refractivity (Wildman–Crippen MR) is 78.5 cm³/mol. The van der Waals surface area contributed by atoms with E-state index in [9.17, 15) is 13.2 Å². The molecule has 0 aromatic heterocycles. The van der Waals surface area contributed by atoms with Gasteiger partial charge in [0.25, 0.3) is 5.91 Å². The highest BCUT2D eigenvalue weighted by atomic mass is 32.2. The van der Waals surface area contributed by atoms with Crippen molar-refractivity contribution in [1.29, 1.82) is 0 Å². The quantitative estimate of drug-likeness (QED) is 0.867. The molecule has 116 valence electrons. The van der Waals surface area contributed by atoms with E-state index in [0.717, 1.165) is 0 Å². The number of benzene rings is 1. The van der Waals surface area contributed by atoms with Crippen molar-refractivity contribution >= 4 is 15.9 Å². The van der Waals surface area contributed by atoms with Crippen LogP contribution in [0.15, 0.2) is 23.1 Å². The van der Waals surface area contributed by atoms with E-state index in [0.29, 0.717) is 18.6 Å². The van der Waals surface area contributed by atoms with Gasteiger partial charge in [0, 0.05) is 12.2 Å². The van der Waals surface area contributed by atoms with Gasteiger partial charge in [0.1, 0.15) is 0 Å². The highest BCUT2D eigenvalue weighted by Crippen LogP contribution is 2.26. The zero-order valence-electron chi connectivity index (χ0n) is 12.3. The number of carbonyl (C=O) groups excluding carboxylic acids is 1. The lowest BCUT2D eigenvalue weighted by atomic mass is 9.94. The van der Waals surface area contributed by atoms with Crippen LogP contribution < -0.4 is 10.5 Å². The van der Waals surface area contributed by atoms with Gasteiger partial charge in [0.2, 0.25) is 10.0 Å². The Labute approximate surface area is 124 Å². The number of carbonyl (C=O) groups is 1. The number of nitrogens with two attached hydrogens (primary N) is 1. The molecule has 0 aliphatic carbocycles. The predicted octanol–water partition coefficient (Wildman–Crippen LogP) is 0.940. The number of primary sulfonamides is 1. The van der Waals surface area contributed by atoms with Crippen LogP contribution >= 0.6 is 0 Å². The zero-order valence-corrected chi connectivity index (χ0v) is 13.2. The molecule has 21 heavy (non-hydrogen) atoms. The van der Waals surface area contributed by atoms with Crippen LogP contribution in [0.1, 0.15) is 36.2 Å². The van der Waals surface area contributed by atoms with Crippen LogP contribution in [0.4, 0.5) is 0 Å². The molecule has 2 rings (SSSR count). The summed E-state index contributed by atoms with van der Waals surface area (Å²) < 4.78 is 28.5. The monoisotopic (exact) mass is 312 g/mol. The molecule has 1 amide bonds. The van der Waals surface area contributed by atoms with Gasteiger partial charge < -0.3 is 10.1 Å². The summed E-state index contributed by atoms with van der Waals surface area (Å²) in [5, 5.41) is 8.08. The molecule has 2 unspecified atom stereocenters. The van der Waals surface area contributed by atoms with Crippen molar-refractivity contribution < 1.29 is 17.9 Å². The Balaban J connectivity index is 2.29. The highest BCUT2D eigenvalue weighted by Gasteiger charge is 2.38. The van der Waals surface area contributed by atoms with Crippen molar-refractivity contribution in [3.8, 4) is 0 Å². The molecule has 1 saturated heterocycles. The van der Waals surface area contributed by atoms with Crippen LogP contribution in [0.5, 0.6) is 0 Å². The fourth-order valence-electron chi connectivity index (χ4n) is 2.38. The molecule has 1 heterocycles. The molecule has 0 spiro atoms. The Morgan fingerprint density at radius 2 is 2.14 bits per heavy atom. The molecule has 1 aromatic rings. The summed E-state index contributed by atoms with van der Waals surface area (Å²) >= 11 is 0. The number of sulfonamides is 1. The van der Waals surface area contributed by atoms with Crippen LogP contribution in [0.25, 0.3) is 0 Å². The molecule has 1 aliphatic heterocycles. The molecule has 6 nitrogen and oxygen atoms in total. The average Bonchev–Trinajstić information content (AvgIpc) is 2.68. The summed E-state index contributed by atoms with van der Waals surface area (Å²) in [5.41, 5.74) is 0.326. The van der Waals surface area contributed by atoms with Crippen LogP contribution in [-0.2, 0) is 14.8 Å². The molecular weight excluding hydrogens is 292 g/mol. The first kappa shape index (κ1) is 15.9. The molecule has 0 radical (unpaired) electrons. The van der Waals surface area contributed by atoms with Gasteiger partial charge in [0.05, 0.1) is 16.5 Å². The first-order valence-electron chi connectivity index (χ1n) is 6.71. The minimum atomic E-state index is -3.85. The molecular formula is C14H20N2O4S. The molecule has 2 atom stereocenters. The average molecular weight is 312 g/mol. The second-order valence-corrected chi connectivity index (χ2v) is 7.19. The van der Waals surface area contributed by atoms with E-state index in [1.165, 1.54) is 6.07 Å². The number of aryl methyl sites for hydroxylation is 1. The lowest BCUT2D eigenvalue weighted by Gasteiger charge is -2.29. The van der Waals surface area contributed by atoms with Crippen molar-refractivity contribution in [3.05, 3.63) is 29.3 Å². The second-order valence-electron chi connectivity index (χ2n) is 5.66. The van der Waals surface area contributed by atoms with Crippen molar-refractivity contribution in [2.24, 2.45) is 5.14 Å². The summed E-state index contributed by atoms with van der Waals surface area (Å²) in [6, 6.07) is 4.47. The fourth-order valence-corrected chi connectivity index (χ4v) is 3.19. The van der Waals surface area contributed by atoms with E-state index in [-0.39, 0.29) is 22.5 Å². The maximum absolute atomic E-state index is 12.3. The van der Waals surface area contributed by atoms with Gasteiger partial charge in [-0.25, -0.2) is 13.6 Å². The third-order valence-corrected chi connectivity index (χ3v) is 5.10. The summed E-state index contributed by atoms with van der Waals surface area (Å²) in [5.74, 6) is -0.334. The van der Waals surface area contributed by atoms with Gasteiger partial charge in [-0.1, -0.05) is 6.07 Å². The first-order valence-corrected chi connectivity index (χ1v) is 8.26. The lowest BCUT2D eigenvalue weighted by molar-refractivity contribution is 0.0727. The van der Waals surface area contributed by atoms with Crippen LogP contribution in [-0.4, -0.2) is 32.6 Å². The van der Waals surface area contributed by atoms with E-state index >= 15 is 0 Å². The van der Waals surface area contributed by atoms with E-state index in [4.69, 9.17) is 9.88 Å². The number of hydrogen-bond acceptors (Lipinski definition) is 4. The Morgan fingerprint density at radius 3 is 2.67 bits per heavy atom. The minimum absolute atomic E-state index is 0.0315. The molecule has 3 N–H and O–H groups in total. The summed E-state index contributed by atoms with van der Waals surface area (Å²) in [6.45, 7) is 6.04. The van der Waals surface area contributed by atoms with E-state index in [2.05, 4.69) is 5.32 Å². The van der Waals surface area contributed by atoms with Crippen molar-refractivity contribution in [1.82, 2.24) is 5.32 Å². The van der Waals surface area contributed by atoms with Gasteiger partial charge in [-0.05, 0) is 44.9 Å². The summed E-state index contributed by atoms with van der Waals surface area (Å²) in [7, 11) is -3.85. The largest absolute Gasteiger partial charge is 0.376 e. The normalized spacial score (nSPS) is 25.8. The third kappa shape index (κ3) is 3.25. The Kier molecular flexibility index (Phi) is 4.10. The third-order valence-electron chi connectivity index (χ3n) is 4.04. The smallest absolute Gasteiger partial charge is 0.251 e. The van der Waals surface area contributed by atoms with Crippen molar-refractivity contribution in [2.45, 2.75) is 43.7 Å². The highest BCUT2D eigenvalue weighted by molar-refractivity contribution is 7.89. The summed E-state index contributed by atoms with van der Waals surface area (Å²) in [4.78, 5) is 12.3. The molecule has 1 fully saturated rings. The molecule has 0 saturated carbocycles. The Morgan fingerprint density at radius 1 is 1.48 bits per heavy atom. The standard InChI is InChI=1S/C14H20N2O4S/c1-9-4-5-11(8-12(9)21(15,18)19)13(17)16-14(3)6-7-20-10(14)2/h4-5,8,10H,6-7H2,1-3H3,(H,16,17)(H2,15,18,19). The van der Waals surface area contributed by atoms with E-state index in [1.54, 1.807) is 19.1 Å². The van der Waals surface area contributed by atoms with Gasteiger partial charge in [-0.15, -0.1) is 0 Å². The second kappa shape index (κ2) is 5.40. The van der Waals surface area contributed by atoms with Crippen LogP contribution in [0.2, 0.25) is 0 Å².